The summed E-state index contributed by atoms with van der Waals surface area (Å²) in [6.07, 6.45) is -10.5. The van der Waals surface area contributed by atoms with Crippen molar-refractivity contribution in [2.45, 2.75) is 70.2 Å². The van der Waals surface area contributed by atoms with E-state index in [1.54, 1.807) is 6.92 Å². The van der Waals surface area contributed by atoms with E-state index in [0.717, 1.165) is 4.90 Å². The fourth-order valence-electron chi connectivity index (χ4n) is 4.86. The first-order valence-electron chi connectivity index (χ1n) is 12.5. The summed E-state index contributed by atoms with van der Waals surface area (Å²) in [6.45, 7) is 2.66. The van der Waals surface area contributed by atoms with Crippen LogP contribution in [0.5, 0.6) is 0 Å². The lowest BCUT2D eigenvalue weighted by Gasteiger charge is -2.42. The third-order valence-electron chi connectivity index (χ3n) is 6.68. The number of piperidine rings is 1. The zero-order valence-electron chi connectivity index (χ0n) is 22.0. The van der Waals surface area contributed by atoms with Crippen molar-refractivity contribution in [1.82, 2.24) is 15.1 Å². The van der Waals surface area contributed by atoms with Gasteiger partial charge >= 0.3 is 18.4 Å². The SMILES string of the molecule is Cc1cc(F)ccc1[C@H]1C[C@@H](NC(=O)C[C@H](C)O)CCN1C(=O)N(C)Cc1cc(C(F)(F)F)cc(C(F)(F)F)c1. The van der Waals surface area contributed by atoms with E-state index in [0.29, 0.717) is 29.7 Å². The summed E-state index contributed by atoms with van der Waals surface area (Å²) in [5, 5.41) is 12.3. The summed E-state index contributed by atoms with van der Waals surface area (Å²) >= 11 is 0. The Morgan fingerprint density at radius 3 is 2.20 bits per heavy atom. The van der Waals surface area contributed by atoms with Gasteiger partial charge in [-0.1, -0.05) is 6.07 Å². The van der Waals surface area contributed by atoms with Gasteiger partial charge in [0, 0.05) is 26.2 Å². The van der Waals surface area contributed by atoms with Gasteiger partial charge in [0.2, 0.25) is 5.91 Å². The maximum absolute atomic E-state index is 13.8. The second-order valence-electron chi connectivity index (χ2n) is 10.1. The molecule has 2 N–H and O–H groups in total. The first kappa shape index (κ1) is 31.2. The minimum atomic E-state index is -5.02. The molecule has 220 valence electrons. The van der Waals surface area contributed by atoms with Crippen LogP contribution in [-0.2, 0) is 23.7 Å². The van der Waals surface area contributed by atoms with Gasteiger partial charge in [0.1, 0.15) is 5.82 Å². The highest BCUT2D eigenvalue weighted by Gasteiger charge is 2.38. The Hall–Kier alpha value is -3.35. The average molecular weight is 578 g/mol. The number of nitrogens with zero attached hydrogens (tertiary/aromatic N) is 2. The van der Waals surface area contributed by atoms with Gasteiger partial charge < -0.3 is 20.2 Å². The number of alkyl halides is 6. The molecule has 0 bridgehead atoms. The summed E-state index contributed by atoms with van der Waals surface area (Å²) < 4.78 is 93.6. The van der Waals surface area contributed by atoms with Crippen LogP contribution in [0.2, 0.25) is 0 Å². The summed E-state index contributed by atoms with van der Waals surface area (Å²) in [4.78, 5) is 28.2. The fourth-order valence-corrected chi connectivity index (χ4v) is 4.86. The van der Waals surface area contributed by atoms with Crippen molar-refractivity contribution in [3.63, 3.8) is 0 Å². The van der Waals surface area contributed by atoms with Gasteiger partial charge in [-0.25, -0.2) is 9.18 Å². The summed E-state index contributed by atoms with van der Waals surface area (Å²) in [5.41, 5.74) is -2.21. The molecule has 1 fully saturated rings. The number of benzene rings is 2. The zero-order chi connectivity index (χ0) is 30.0. The molecule has 0 unspecified atom stereocenters. The Morgan fingerprint density at radius 2 is 1.68 bits per heavy atom. The molecule has 0 aromatic heterocycles. The third kappa shape index (κ3) is 7.86. The highest BCUT2D eigenvalue weighted by Crippen LogP contribution is 2.37. The molecule has 3 amide bonds. The molecule has 0 radical (unpaired) electrons. The van der Waals surface area contributed by atoms with Crippen LogP contribution >= 0.6 is 0 Å². The predicted molar refractivity (Wildman–Crippen MR) is 131 cm³/mol. The van der Waals surface area contributed by atoms with Crippen LogP contribution in [-0.4, -0.2) is 52.6 Å². The first-order valence-corrected chi connectivity index (χ1v) is 12.5. The van der Waals surface area contributed by atoms with Crippen molar-refractivity contribution >= 4 is 11.9 Å². The molecule has 0 spiro atoms. The van der Waals surface area contributed by atoms with Crippen molar-refractivity contribution in [3.05, 3.63) is 70.0 Å². The van der Waals surface area contributed by atoms with Crippen LogP contribution in [0, 0.1) is 12.7 Å². The number of urea groups is 1. The summed E-state index contributed by atoms with van der Waals surface area (Å²) in [7, 11) is 1.26. The number of nitrogens with one attached hydrogen (secondary N) is 1. The molecule has 2 aromatic carbocycles. The van der Waals surface area contributed by atoms with E-state index in [9.17, 15) is 45.4 Å². The van der Waals surface area contributed by atoms with Gasteiger partial charge in [0.25, 0.3) is 0 Å². The maximum Gasteiger partial charge on any atom is 0.416 e. The van der Waals surface area contributed by atoms with Gasteiger partial charge in [-0.15, -0.1) is 0 Å². The number of likely N-dealkylation sites (tertiary alicyclic amines) is 1. The number of rotatable bonds is 6. The quantitative estimate of drug-likeness (QED) is 0.426. The monoisotopic (exact) mass is 577 g/mol. The minimum absolute atomic E-state index is 0.0231. The third-order valence-corrected chi connectivity index (χ3v) is 6.68. The van der Waals surface area contributed by atoms with E-state index < -0.39 is 66.0 Å². The molecule has 13 heteroatoms. The number of hydrogen-bond acceptors (Lipinski definition) is 3. The molecule has 1 aliphatic heterocycles. The van der Waals surface area contributed by atoms with E-state index in [1.807, 2.05) is 0 Å². The second kappa shape index (κ2) is 12.0. The second-order valence-corrected chi connectivity index (χ2v) is 10.1. The fraction of sp³-hybridized carbons (Fsp3) is 0.481. The molecule has 3 atom stereocenters. The lowest BCUT2D eigenvalue weighted by atomic mass is 9.89. The number of aryl methyl sites for hydroxylation is 1. The highest BCUT2D eigenvalue weighted by molar-refractivity contribution is 5.77. The number of halogens is 7. The highest BCUT2D eigenvalue weighted by atomic mass is 19.4. The number of carbonyl (C=O) groups excluding carboxylic acids is 2. The molecule has 0 aliphatic carbocycles. The topological polar surface area (TPSA) is 72.9 Å². The number of aliphatic hydroxyl groups excluding tert-OH is 1. The van der Waals surface area contributed by atoms with E-state index in [2.05, 4.69) is 5.32 Å². The van der Waals surface area contributed by atoms with Crippen LogP contribution < -0.4 is 5.32 Å². The standard InChI is InChI=1S/C27H30F7N3O3/c1-15-8-20(28)4-5-22(15)23-13-21(35-24(39)9-16(2)38)6-7-37(23)25(40)36(3)14-17-10-18(26(29,30)31)12-19(11-17)27(32,33)34/h4-5,8,10-12,16,21,23,38H,6-7,9,13-14H2,1-3H3,(H,35,39)/t16-,21-,23+/m0/s1. The molecule has 3 rings (SSSR count). The summed E-state index contributed by atoms with van der Waals surface area (Å²) in [5.74, 6) is -0.893. The first-order chi connectivity index (χ1) is 18.5. The van der Waals surface area contributed by atoms with Crippen molar-refractivity contribution < 1.29 is 45.4 Å². The Balaban J connectivity index is 1.89. The van der Waals surface area contributed by atoms with Crippen LogP contribution in [0.15, 0.2) is 36.4 Å². The number of hydrogen-bond donors (Lipinski definition) is 2. The molecule has 0 saturated carbocycles. The summed E-state index contributed by atoms with van der Waals surface area (Å²) in [6, 6.07) is 3.43. The van der Waals surface area contributed by atoms with E-state index in [4.69, 9.17) is 0 Å². The lowest BCUT2D eigenvalue weighted by molar-refractivity contribution is -0.143. The van der Waals surface area contributed by atoms with Crippen molar-refractivity contribution in [2.75, 3.05) is 13.6 Å². The van der Waals surface area contributed by atoms with Gasteiger partial charge in [-0.2, -0.15) is 26.3 Å². The Bertz CT molecular complexity index is 1200. The van der Waals surface area contributed by atoms with Gasteiger partial charge in [-0.3, -0.25) is 4.79 Å². The van der Waals surface area contributed by atoms with E-state index >= 15 is 0 Å². The minimum Gasteiger partial charge on any atom is -0.393 e. The maximum atomic E-state index is 13.8. The molecule has 6 nitrogen and oxygen atoms in total. The van der Waals surface area contributed by atoms with Crippen molar-refractivity contribution in [1.29, 1.82) is 0 Å². The Labute approximate surface area is 226 Å². The molecule has 1 aliphatic rings. The molecule has 2 aromatic rings. The van der Waals surface area contributed by atoms with Crippen LogP contribution in [0.4, 0.5) is 35.5 Å². The van der Waals surface area contributed by atoms with E-state index in [-0.39, 0.29) is 31.0 Å². The molecular formula is C27H30F7N3O3. The number of carbonyl (C=O) groups is 2. The largest absolute Gasteiger partial charge is 0.416 e. The molecule has 40 heavy (non-hydrogen) atoms. The van der Waals surface area contributed by atoms with Crippen molar-refractivity contribution in [2.24, 2.45) is 0 Å². The normalized spacial score (nSPS) is 18.8. The van der Waals surface area contributed by atoms with Gasteiger partial charge in [-0.05, 0) is 73.7 Å². The zero-order valence-corrected chi connectivity index (χ0v) is 22.0. The molecule has 1 heterocycles. The molecular weight excluding hydrogens is 547 g/mol. The van der Waals surface area contributed by atoms with Crippen LogP contribution in [0.25, 0.3) is 0 Å². The lowest BCUT2D eigenvalue weighted by Crippen LogP contribution is -2.51. The van der Waals surface area contributed by atoms with E-state index in [1.165, 1.54) is 37.1 Å². The van der Waals surface area contributed by atoms with Gasteiger partial charge in [0.15, 0.2) is 0 Å². The Morgan fingerprint density at radius 1 is 1.07 bits per heavy atom. The van der Waals surface area contributed by atoms with Crippen LogP contribution in [0.3, 0.4) is 0 Å². The van der Waals surface area contributed by atoms with Crippen LogP contribution in [0.1, 0.15) is 60.0 Å². The Kier molecular flexibility index (Phi) is 9.38. The molecule has 1 saturated heterocycles. The number of aliphatic hydroxyl groups is 1. The smallest absolute Gasteiger partial charge is 0.393 e. The predicted octanol–water partition coefficient (Wildman–Crippen LogP) is 5.82. The van der Waals surface area contributed by atoms with Crippen molar-refractivity contribution in [3.8, 4) is 0 Å². The van der Waals surface area contributed by atoms with Gasteiger partial charge in [0.05, 0.1) is 29.7 Å². The average Bonchev–Trinajstić information content (AvgIpc) is 2.81. The number of amides is 3.